The van der Waals surface area contributed by atoms with Gasteiger partial charge < -0.3 is 40.2 Å². The van der Waals surface area contributed by atoms with Gasteiger partial charge in [0, 0.05) is 62.3 Å². The Morgan fingerprint density at radius 1 is 0.957 bits per heavy atom. The maximum absolute atomic E-state index is 13.7. The summed E-state index contributed by atoms with van der Waals surface area (Å²) in [6.45, 7) is -0.270. The predicted octanol–water partition coefficient (Wildman–Crippen LogP) is 0.769. The molecule has 14 nitrogen and oxygen atoms in total. The summed E-state index contributed by atoms with van der Waals surface area (Å²) in [5.74, 6) is -3.07. The Morgan fingerprint density at radius 2 is 1.74 bits per heavy atom. The van der Waals surface area contributed by atoms with Crippen LogP contribution in [0.1, 0.15) is 35.2 Å². The van der Waals surface area contributed by atoms with E-state index in [1.807, 2.05) is 30.5 Å². The Kier molecular flexibility index (Phi) is 10.1. The van der Waals surface area contributed by atoms with Gasteiger partial charge in [-0.2, -0.15) is 0 Å². The molecule has 47 heavy (non-hydrogen) atoms. The van der Waals surface area contributed by atoms with Crippen LogP contribution in [0.25, 0.3) is 10.9 Å². The Labute approximate surface area is 271 Å². The third-order valence-electron chi connectivity index (χ3n) is 8.40. The van der Waals surface area contributed by atoms with Crippen LogP contribution in [0.15, 0.2) is 54.7 Å². The number of para-hydroxylation sites is 1. The fraction of sp³-hybridized carbons (Fsp3) is 0.394. The van der Waals surface area contributed by atoms with Crippen LogP contribution < -0.4 is 15.4 Å². The number of carbonyl (C=O) groups excluding carboxylic acids is 5. The fourth-order valence-corrected chi connectivity index (χ4v) is 6.01. The minimum Gasteiger partial charge on any atom is -0.491 e. The van der Waals surface area contributed by atoms with Crippen LogP contribution in [-0.2, 0) is 30.4 Å². The van der Waals surface area contributed by atoms with Crippen molar-refractivity contribution in [3.8, 4) is 5.75 Å². The van der Waals surface area contributed by atoms with Gasteiger partial charge in [0.05, 0.1) is 25.4 Å². The van der Waals surface area contributed by atoms with E-state index in [4.69, 9.17) is 9.84 Å². The summed E-state index contributed by atoms with van der Waals surface area (Å²) in [6, 6.07) is 12.2. The Bertz CT molecular complexity index is 1690. The van der Waals surface area contributed by atoms with Gasteiger partial charge in [0.25, 0.3) is 5.91 Å². The zero-order valence-corrected chi connectivity index (χ0v) is 26.2. The van der Waals surface area contributed by atoms with Crippen LogP contribution in [0.5, 0.6) is 5.75 Å². The predicted molar refractivity (Wildman–Crippen MR) is 169 cm³/mol. The third-order valence-corrected chi connectivity index (χ3v) is 8.40. The molecule has 2 bridgehead atoms. The molecule has 0 aliphatic carbocycles. The number of fused-ring (bicyclic) bond motifs is 4. The van der Waals surface area contributed by atoms with E-state index in [0.717, 1.165) is 16.5 Å². The molecule has 2 aliphatic heterocycles. The number of benzene rings is 2. The molecule has 0 saturated carbocycles. The summed E-state index contributed by atoms with van der Waals surface area (Å²) < 4.78 is 6.06. The number of carboxylic acids is 1. The highest BCUT2D eigenvalue weighted by Gasteiger charge is 2.38. The Balaban J connectivity index is 1.34. The quantitative estimate of drug-likeness (QED) is 0.290. The van der Waals surface area contributed by atoms with E-state index in [1.165, 1.54) is 23.9 Å². The summed E-state index contributed by atoms with van der Waals surface area (Å²) in [5.41, 5.74) is 2.08. The number of hydrogen-bond donors (Lipinski definition) is 4. The van der Waals surface area contributed by atoms with Crippen LogP contribution >= 0.6 is 0 Å². The molecular formula is C33H38N6O8. The summed E-state index contributed by atoms with van der Waals surface area (Å²) in [5, 5.41) is 15.5. The second kappa shape index (κ2) is 14.4. The Hall–Kier alpha value is -5.40. The molecule has 3 atom stereocenters. The summed E-state index contributed by atoms with van der Waals surface area (Å²) >= 11 is 0. The molecule has 5 rings (SSSR count). The van der Waals surface area contributed by atoms with E-state index in [0.29, 0.717) is 17.7 Å². The van der Waals surface area contributed by atoms with Gasteiger partial charge in [-0.25, -0.2) is 0 Å². The number of rotatable bonds is 7. The minimum atomic E-state index is -1.24. The Morgan fingerprint density at radius 3 is 2.53 bits per heavy atom. The second-order valence-electron chi connectivity index (χ2n) is 12.0. The van der Waals surface area contributed by atoms with Gasteiger partial charge in [0.1, 0.15) is 18.4 Å². The molecule has 1 fully saturated rings. The highest BCUT2D eigenvalue weighted by atomic mass is 16.5. The van der Waals surface area contributed by atoms with Crippen molar-refractivity contribution in [1.82, 2.24) is 30.3 Å². The lowest BCUT2D eigenvalue weighted by Gasteiger charge is -2.30. The van der Waals surface area contributed by atoms with E-state index < -0.39 is 42.2 Å². The number of carboxylic acid groups (broad SMARTS) is 1. The first kappa shape index (κ1) is 33.0. The SMILES string of the molecule is CN1C[C@H](NC(=O)CCC(=O)O)C(=O)N(C)CC(=O)N2C[C@@H](NC(=O)Cc3c[nH]c4ccccc34)C[C@H]2COc2cccc(c2)C1=O. The van der Waals surface area contributed by atoms with Crippen molar-refractivity contribution in [3.63, 3.8) is 0 Å². The van der Waals surface area contributed by atoms with Gasteiger partial charge in [0.2, 0.25) is 23.6 Å². The van der Waals surface area contributed by atoms with Crippen LogP contribution in [-0.4, -0.2) is 119 Å². The van der Waals surface area contributed by atoms with Crippen LogP contribution in [0, 0.1) is 0 Å². The zero-order chi connectivity index (χ0) is 33.7. The van der Waals surface area contributed by atoms with Gasteiger partial charge in [-0.1, -0.05) is 24.3 Å². The molecule has 1 saturated heterocycles. The lowest BCUT2D eigenvalue weighted by atomic mass is 10.1. The number of ether oxygens (including phenoxy) is 1. The maximum Gasteiger partial charge on any atom is 0.303 e. The van der Waals surface area contributed by atoms with Crippen molar-refractivity contribution < 1.29 is 38.6 Å². The lowest BCUT2D eigenvalue weighted by molar-refractivity contribution is -0.142. The molecular weight excluding hydrogens is 608 g/mol. The topological polar surface area (TPSA) is 181 Å². The van der Waals surface area contributed by atoms with Gasteiger partial charge >= 0.3 is 5.97 Å². The summed E-state index contributed by atoms with van der Waals surface area (Å²) in [6.07, 6.45) is 1.58. The third kappa shape index (κ3) is 8.07. The molecule has 3 aromatic rings. The number of likely N-dealkylation sites (N-methyl/N-ethyl adjacent to an activating group) is 2. The molecule has 248 valence electrons. The second-order valence-corrected chi connectivity index (χ2v) is 12.0. The monoisotopic (exact) mass is 646 g/mol. The number of nitrogens with one attached hydrogen (secondary N) is 3. The molecule has 2 aromatic carbocycles. The first-order chi connectivity index (χ1) is 22.5. The highest BCUT2D eigenvalue weighted by Crippen LogP contribution is 2.23. The van der Waals surface area contributed by atoms with Crippen molar-refractivity contribution in [2.45, 2.75) is 43.8 Å². The van der Waals surface area contributed by atoms with Crippen LogP contribution in [0.2, 0.25) is 0 Å². The highest BCUT2D eigenvalue weighted by molar-refractivity contribution is 5.96. The van der Waals surface area contributed by atoms with E-state index in [-0.39, 0.29) is 56.9 Å². The number of aromatic amines is 1. The maximum atomic E-state index is 13.7. The number of hydrogen-bond acceptors (Lipinski definition) is 7. The molecule has 1 aromatic heterocycles. The lowest BCUT2D eigenvalue weighted by Crippen LogP contribution is -2.55. The number of aliphatic carboxylic acids is 1. The van der Waals surface area contributed by atoms with Gasteiger partial charge in [-0.3, -0.25) is 28.8 Å². The zero-order valence-electron chi connectivity index (χ0n) is 26.2. The normalized spacial score (nSPS) is 20.7. The largest absolute Gasteiger partial charge is 0.491 e. The van der Waals surface area contributed by atoms with Gasteiger partial charge in [-0.05, 0) is 36.2 Å². The van der Waals surface area contributed by atoms with Gasteiger partial charge in [-0.15, -0.1) is 0 Å². The molecule has 0 spiro atoms. The molecule has 5 amide bonds. The van der Waals surface area contributed by atoms with Crippen molar-refractivity contribution in [2.75, 3.05) is 40.3 Å². The van der Waals surface area contributed by atoms with Crippen LogP contribution in [0.4, 0.5) is 0 Å². The first-order valence-electron chi connectivity index (χ1n) is 15.4. The average molecular weight is 647 g/mol. The number of carbonyl (C=O) groups is 6. The molecule has 4 N–H and O–H groups in total. The average Bonchev–Trinajstić information content (AvgIpc) is 3.65. The molecule has 0 radical (unpaired) electrons. The number of H-pyrrole nitrogens is 1. The number of nitrogens with zero attached hydrogens (tertiary/aromatic N) is 3. The first-order valence-corrected chi connectivity index (χ1v) is 15.4. The van der Waals surface area contributed by atoms with Crippen molar-refractivity contribution in [2.24, 2.45) is 0 Å². The van der Waals surface area contributed by atoms with E-state index in [9.17, 15) is 28.8 Å². The fourth-order valence-electron chi connectivity index (χ4n) is 6.01. The number of amides is 5. The van der Waals surface area contributed by atoms with E-state index in [2.05, 4.69) is 15.6 Å². The smallest absolute Gasteiger partial charge is 0.303 e. The van der Waals surface area contributed by atoms with Crippen molar-refractivity contribution >= 4 is 46.4 Å². The minimum absolute atomic E-state index is 0.0912. The summed E-state index contributed by atoms with van der Waals surface area (Å²) in [7, 11) is 2.90. The molecule has 3 heterocycles. The molecule has 2 aliphatic rings. The van der Waals surface area contributed by atoms with E-state index in [1.54, 1.807) is 29.2 Å². The standard InChI is InChI=1S/C33H38N6O8/c1-37-17-27(36-28(40)10-11-31(43)44)33(46)38(2)18-30(42)39-16-22(14-23(39)19-47-24-7-5-6-20(12-24)32(37)45)35-29(41)13-21-15-34-26-9-4-3-8-25(21)26/h3-9,12,15,22-23,27,34H,10-11,13-14,16-19H2,1-2H3,(H,35,41)(H,36,40)(H,43,44)/t22-,23-,27-/m0/s1. The van der Waals surface area contributed by atoms with Crippen molar-refractivity contribution in [1.29, 1.82) is 0 Å². The summed E-state index contributed by atoms with van der Waals surface area (Å²) in [4.78, 5) is 84.4. The molecule has 14 heteroatoms. The van der Waals surface area contributed by atoms with Crippen molar-refractivity contribution in [3.05, 3.63) is 65.9 Å². The van der Waals surface area contributed by atoms with Crippen LogP contribution in [0.3, 0.4) is 0 Å². The van der Waals surface area contributed by atoms with Gasteiger partial charge in [0.15, 0.2) is 0 Å². The number of aromatic nitrogens is 1. The van der Waals surface area contributed by atoms with E-state index >= 15 is 0 Å². The molecule has 0 unspecified atom stereocenters.